The van der Waals surface area contributed by atoms with E-state index in [1.807, 2.05) is 28.7 Å². The van der Waals surface area contributed by atoms with Crippen LogP contribution in [0.2, 0.25) is 0 Å². The van der Waals surface area contributed by atoms with Crippen LogP contribution in [-0.2, 0) is 11.3 Å². The smallest absolute Gasteiger partial charge is 0.180 e. The summed E-state index contributed by atoms with van der Waals surface area (Å²) in [5.41, 5.74) is 3.37. The molecule has 0 unspecified atom stereocenters. The van der Waals surface area contributed by atoms with Gasteiger partial charge in [0.25, 0.3) is 0 Å². The standard InChI is InChI=1S/C18H23N5O2/c24-13-14-12-20-18-17(19-6-3-7-22-8-10-25-11-9-22)21-15-4-1-2-5-16(15)23(14)18/h1-2,4-5,12,24H,3,6-11,13H2,(H,19,21). The Balaban J connectivity index is 1.53. The van der Waals surface area contributed by atoms with Gasteiger partial charge in [-0.3, -0.25) is 9.30 Å². The van der Waals surface area contributed by atoms with Crippen molar-refractivity contribution in [3.8, 4) is 0 Å². The van der Waals surface area contributed by atoms with Gasteiger partial charge < -0.3 is 15.2 Å². The average Bonchev–Trinajstić information content (AvgIpc) is 3.11. The summed E-state index contributed by atoms with van der Waals surface area (Å²) in [7, 11) is 0. The molecular weight excluding hydrogens is 318 g/mol. The highest BCUT2D eigenvalue weighted by molar-refractivity contribution is 5.83. The summed E-state index contributed by atoms with van der Waals surface area (Å²) in [6, 6.07) is 7.92. The van der Waals surface area contributed by atoms with E-state index in [1.165, 1.54) is 0 Å². The predicted molar refractivity (Wildman–Crippen MR) is 96.8 cm³/mol. The van der Waals surface area contributed by atoms with Gasteiger partial charge in [-0.1, -0.05) is 12.1 Å². The van der Waals surface area contributed by atoms with E-state index in [0.717, 1.165) is 74.0 Å². The van der Waals surface area contributed by atoms with Gasteiger partial charge in [0.05, 0.1) is 42.7 Å². The third-order valence-corrected chi connectivity index (χ3v) is 4.61. The van der Waals surface area contributed by atoms with Gasteiger partial charge in [0.15, 0.2) is 11.5 Å². The molecule has 7 heteroatoms. The minimum Gasteiger partial charge on any atom is -0.390 e. The Morgan fingerprint density at radius 2 is 2.04 bits per heavy atom. The van der Waals surface area contributed by atoms with Gasteiger partial charge in [-0.15, -0.1) is 0 Å². The topological polar surface area (TPSA) is 74.9 Å². The van der Waals surface area contributed by atoms with Crippen LogP contribution in [0.15, 0.2) is 30.5 Å². The number of morpholine rings is 1. The molecule has 0 spiro atoms. The number of ether oxygens (including phenoxy) is 1. The maximum absolute atomic E-state index is 9.62. The first kappa shape index (κ1) is 16.3. The molecule has 0 bridgehead atoms. The first-order valence-electron chi connectivity index (χ1n) is 8.77. The molecular formula is C18H23N5O2. The monoisotopic (exact) mass is 341 g/mol. The van der Waals surface area contributed by atoms with E-state index >= 15 is 0 Å². The molecule has 7 nitrogen and oxygen atoms in total. The van der Waals surface area contributed by atoms with Gasteiger partial charge in [0.1, 0.15) is 0 Å². The van der Waals surface area contributed by atoms with E-state index in [-0.39, 0.29) is 6.61 Å². The van der Waals surface area contributed by atoms with Crippen molar-refractivity contribution >= 4 is 22.5 Å². The summed E-state index contributed by atoms with van der Waals surface area (Å²) in [6.45, 7) is 5.52. The molecule has 1 aliphatic rings. The van der Waals surface area contributed by atoms with Crippen molar-refractivity contribution < 1.29 is 9.84 Å². The molecule has 2 N–H and O–H groups in total. The highest BCUT2D eigenvalue weighted by Gasteiger charge is 2.13. The van der Waals surface area contributed by atoms with Crippen LogP contribution in [-0.4, -0.2) is 63.8 Å². The molecule has 4 rings (SSSR count). The average molecular weight is 341 g/mol. The molecule has 132 valence electrons. The second kappa shape index (κ2) is 7.35. The highest BCUT2D eigenvalue weighted by atomic mass is 16.5. The molecule has 1 aromatic carbocycles. The molecule has 25 heavy (non-hydrogen) atoms. The molecule has 0 radical (unpaired) electrons. The number of para-hydroxylation sites is 2. The molecule has 2 aromatic heterocycles. The van der Waals surface area contributed by atoms with Gasteiger partial charge in [0, 0.05) is 19.6 Å². The van der Waals surface area contributed by atoms with Gasteiger partial charge in [-0.25, -0.2) is 9.97 Å². The fourth-order valence-electron chi connectivity index (χ4n) is 3.31. The summed E-state index contributed by atoms with van der Waals surface area (Å²) in [4.78, 5) is 11.6. The Bertz CT molecular complexity index is 857. The van der Waals surface area contributed by atoms with E-state index in [9.17, 15) is 5.11 Å². The molecule has 3 heterocycles. The van der Waals surface area contributed by atoms with Crippen molar-refractivity contribution in [2.45, 2.75) is 13.0 Å². The summed E-state index contributed by atoms with van der Waals surface area (Å²) in [5, 5.41) is 13.0. The molecule has 1 saturated heterocycles. The van der Waals surface area contributed by atoms with Crippen molar-refractivity contribution in [1.82, 2.24) is 19.3 Å². The fourth-order valence-corrected chi connectivity index (χ4v) is 3.31. The molecule has 0 aliphatic carbocycles. The second-order valence-electron chi connectivity index (χ2n) is 6.25. The minimum absolute atomic E-state index is 0.0500. The van der Waals surface area contributed by atoms with Crippen LogP contribution >= 0.6 is 0 Å². The number of aromatic nitrogens is 3. The van der Waals surface area contributed by atoms with E-state index in [4.69, 9.17) is 9.72 Å². The fraction of sp³-hybridized carbons (Fsp3) is 0.444. The van der Waals surface area contributed by atoms with Gasteiger partial charge in [-0.2, -0.15) is 0 Å². The Kier molecular flexibility index (Phi) is 4.78. The number of nitrogens with one attached hydrogen (secondary N) is 1. The SMILES string of the molecule is OCc1cnc2c(NCCCN3CCOCC3)nc3ccccc3n12. The Labute approximate surface area is 146 Å². The number of benzene rings is 1. The molecule has 0 saturated carbocycles. The zero-order valence-corrected chi connectivity index (χ0v) is 14.2. The van der Waals surface area contributed by atoms with Gasteiger partial charge >= 0.3 is 0 Å². The highest BCUT2D eigenvalue weighted by Crippen LogP contribution is 2.22. The number of aliphatic hydroxyl groups is 1. The largest absolute Gasteiger partial charge is 0.390 e. The van der Waals surface area contributed by atoms with E-state index in [0.29, 0.717) is 0 Å². The van der Waals surface area contributed by atoms with Crippen LogP contribution in [0.4, 0.5) is 5.82 Å². The predicted octanol–water partition coefficient (Wildman–Crippen LogP) is 1.51. The van der Waals surface area contributed by atoms with E-state index < -0.39 is 0 Å². The van der Waals surface area contributed by atoms with Crippen LogP contribution < -0.4 is 5.32 Å². The number of rotatable bonds is 6. The maximum Gasteiger partial charge on any atom is 0.180 e. The molecule has 1 aliphatic heterocycles. The van der Waals surface area contributed by atoms with Crippen LogP contribution in [0.3, 0.4) is 0 Å². The maximum atomic E-state index is 9.62. The molecule has 0 atom stereocenters. The Morgan fingerprint density at radius 1 is 1.20 bits per heavy atom. The quantitative estimate of drug-likeness (QED) is 0.662. The second-order valence-corrected chi connectivity index (χ2v) is 6.25. The van der Waals surface area contributed by atoms with Crippen LogP contribution in [0.5, 0.6) is 0 Å². The van der Waals surface area contributed by atoms with Crippen LogP contribution in [0, 0.1) is 0 Å². The van der Waals surface area contributed by atoms with Crippen molar-refractivity contribution in [3.05, 3.63) is 36.2 Å². The number of hydrogen-bond donors (Lipinski definition) is 2. The van der Waals surface area contributed by atoms with Crippen molar-refractivity contribution in [1.29, 1.82) is 0 Å². The summed E-state index contributed by atoms with van der Waals surface area (Å²) >= 11 is 0. The number of imidazole rings is 1. The summed E-state index contributed by atoms with van der Waals surface area (Å²) in [6.07, 6.45) is 2.75. The number of aliphatic hydroxyl groups excluding tert-OH is 1. The first-order valence-corrected chi connectivity index (χ1v) is 8.77. The van der Waals surface area contributed by atoms with E-state index in [2.05, 4.69) is 15.2 Å². The zero-order chi connectivity index (χ0) is 17.1. The lowest BCUT2D eigenvalue weighted by atomic mass is 10.3. The van der Waals surface area contributed by atoms with Crippen molar-refractivity contribution in [2.24, 2.45) is 0 Å². The minimum atomic E-state index is -0.0500. The summed E-state index contributed by atoms with van der Waals surface area (Å²) < 4.78 is 7.36. The van der Waals surface area contributed by atoms with Crippen LogP contribution in [0.1, 0.15) is 12.1 Å². The Hall–Kier alpha value is -2.22. The van der Waals surface area contributed by atoms with Gasteiger partial charge in [0.2, 0.25) is 0 Å². The number of fused-ring (bicyclic) bond motifs is 3. The normalized spacial score (nSPS) is 15.9. The van der Waals surface area contributed by atoms with Crippen molar-refractivity contribution in [2.75, 3.05) is 44.7 Å². The third-order valence-electron chi connectivity index (χ3n) is 4.61. The zero-order valence-electron chi connectivity index (χ0n) is 14.2. The number of anilines is 1. The third kappa shape index (κ3) is 3.30. The number of nitrogens with zero attached hydrogens (tertiary/aromatic N) is 4. The van der Waals surface area contributed by atoms with Crippen molar-refractivity contribution in [3.63, 3.8) is 0 Å². The lowest BCUT2D eigenvalue weighted by Crippen LogP contribution is -2.37. The number of hydrogen-bond acceptors (Lipinski definition) is 6. The lowest BCUT2D eigenvalue weighted by molar-refractivity contribution is 0.0378. The van der Waals surface area contributed by atoms with E-state index in [1.54, 1.807) is 6.20 Å². The first-order chi connectivity index (χ1) is 12.4. The molecule has 0 amide bonds. The van der Waals surface area contributed by atoms with Gasteiger partial charge in [-0.05, 0) is 25.1 Å². The lowest BCUT2D eigenvalue weighted by Gasteiger charge is -2.26. The summed E-state index contributed by atoms with van der Waals surface area (Å²) in [5.74, 6) is 0.764. The Morgan fingerprint density at radius 3 is 2.88 bits per heavy atom. The molecule has 1 fully saturated rings. The molecule has 3 aromatic rings. The van der Waals surface area contributed by atoms with Crippen LogP contribution in [0.25, 0.3) is 16.7 Å².